The molecule has 1 aliphatic rings. The molecule has 1 heterocycles. The van der Waals surface area contributed by atoms with Crippen molar-refractivity contribution in [2.24, 2.45) is 0 Å². The zero-order valence-electron chi connectivity index (χ0n) is 12.1. The van der Waals surface area contributed by atoms with E-state index < -0.39 is 15.8 Å². The van der Waals surface area contributed by atoms with E-state index in [0.717, 1.165) is 45.0 Å². The predicted molar refractivity (Wildman–Crippen MR) is 83.7 cm³/mol. The van der Waals surface area contributed by atoms with Gasteiger partial charge >= 0.3 is 0 Å². The molecule has 0 bridgehead atoms. The fourth-order valence-corrected chi connectivity index (χ4v) is 3.85. The number of nitrogens with one attached hydrogen (secondary N) is 1. The first kappa shape index (κ1) is 18.4. The molecular formula is C14H22ClFN2O2S. The summed E-state index contributed by atoms with van der Waals surface area (Å²) in [4.78, 5) is 2.33. The van der Waals surface area contributed by atoms with Crippen molar-refractivity contribution in [3.63, 3.8) is 0 Å². The summed E-state index contributed by atoms with van der Waals surface area (Å²) in [5, 5.41) is 0. The van der Waals surface area contributed by atoms with Gasteiger partial charge in [0.15, 0.2) is 0 Å². The molecule has 0 saturated carbocycles. The first-order valence-electron chi connectivity index (χ1n) is 7.01. The van der Waals surface area contributed by atoms with Crippen molar-refractivity contribution < 1.29 is 12.8 Å². The Labute approximate surface area is 132 Å². The molecule has 1 N–H and O–H groups in total. The van der Waals surface area contributed by atoms with Crippen molar-refractivity contribution in [1.82, 2.24) is 9.62 Å². The Balaban J connectivity index is 0.00000220. The highest BCUT2D eigenvalue weighted by molar-refractivity contribution is 7.89. The normalized spacial score (nSPS) is 17.4. The maximum Gasteiger partial charge on any atom is 0.240 e. The van der Waals surface area contributed by atoms with Crippen LogP contribution in [0.5, 0.6) is 0 Å². The Bertz CT molecular complexity index is 546. The van der Waals surface area contributed by atoms with Crippen LogP contribution in [0.3, 0.4) is 0 Å². The number of piperidine rings is 1. The van der Waals surface area contributed by atoms with E-state index in [0.29, 0.717) is 0 Å². The third-order valence-electron chi connectivity index (χ3n) is 3.56. The van der Waals surface area contributed by atoms with E-state index in [1.54, 1.807) is 0 Å². The fourth-order valence-electron chi connectivity index (χ4n) is 2.51. The summed E-state index contributed by atoms with van der Waals surface area (Å²) in [6, 6.07) is 5.05. The van der Waals surface area contributed by atoms with Gasteiger partial charge in [-0.2, -0.15) is 0 Å². The van der Waals surface area contributed by atoms with Gasteiger partial charge in [-0.05, 0) is 57.1 Å². The topological polar surface area (TPSA) is 49.4 Å². The SMILES string of the molecule is CCCN1CCC(NS(=O)(=O)c2cccc(F)c2)CC1.Cl. The molecule has 1 aromatic carbocycles. The maximum atomic E-state index is 13.1. The van der Waals surface area contributed by atoms with Crippen molar-refractivity contribution in [3.05, 3.63) is 30.1 Å². The molecule has 0 radical (unpaired) electrons. The Hall–Kier alpha value is -0.690. The highest BCUT2D eigenvalue weighted by Crippen LogP contribution is 2.15. The number of rotatable bonds is 5. The van der Waals surface area contributed by atoms with E-state index in [1.807, 2.05) is 0 Å². The van der Waals surface area contributed by atoms with Crippen LogP contribution in [0.25, 0.3) is 0 Å². The van der Waals surface area contributed by atoms with Crippen molar-refractivity contribution in [1.29, 1.82) is 0 Å². The molecule has 0 unspecified atom stereocenters. The molecule has 1 saturated heterocycles. The monoisotopic (exact) mass is 336 g/mol. The van der Waals surface area contributed by atoms with Crippen LogP contribution in [0, 0.1) is 5.82 Å². The molecule has 1 aliphatic heterocycles. The van der Waals surface area contributed by atoms with Gasteiger partial charge in [0.1, 0.15) is 5.82 Å². The Morgan fingerprint density at radius 2 is 2.00 bits per heavy atom. The predicted octanol–water partition coefficient (Wildman–Crippen LogP) is 2.40. The molecule has 0 aromatic heterocycles. The smallest absolute Gasteiger partial charge is 0.240 e. The van der Waals surface area contributed by atoms with Crippen LogP contribution in [0.4, 0.5) is 4.39 Å². The zero-order valence-corrected chi connectivity index (χ0v) is 13.7. The number of sulfonamides is 1. The first-order chi connectivity index (χ1) is 9.51. The molecule has 2 rings (SSSR count). The molecular weight excluding hydrogens is 315 g/mol. The van der Waals surface area contributed by atoms with E-state index in [2.05, 4.69) is 16.5 Å². The van der Waals surface area contributed by atoms with Crippen molar-refractivity contribution in [2.75, 3.05) is 19.6 Å². The standard InChI is InChI=1S/C14H21FN2O2S.ClH/c1-2-8-17-9-6-13(7-10-17)16-20(18,19)14-5-3-4-12(15)11-14;/h3-5,11,13,16H,2,6-10H2,1H3;1H. The summed E-state index contributed by atoms with van der Waals surface area (Å²) in [6.45, 7) is 5.01. The second kappa shape index (κ2) is 8.08. The summed E-state index contributed by atoms with van der Waals surface area (Å²) in [5.41, 5.74) is 0. The third kappa shape index (κ3) is 5.21. The van der Waals surface area contributed by atoms with E-state index >= 15 is 0 Å². The Morgan fingerprint density at radius 1 is 1.33 bits per heavy atom. The minimum atomic E-state index is -3.62. The number of hydrogen-bond donors (Lipinski definition) is 1. The third-order valence-corrected chi connectivity index (χ3v) is 5.07. The van der Waals surface area contributed by atoms with Gasteiger partial charge in [-0.15, -0.1) is 12.4 Å². The summed E-state index contributed by atoms with van der Waals surface area (Å²) < 4.78 is 40.1. The Kier molecular flexibility index (Phi) is 7.06. The summed E-state index contributed by atoms with van der Waals surface area (Å²) >= 11 is 0. The van der Waals surface area contributed by atoms with Crippen LogP contribution in [0.1, 0.15) is 26.2 Å². The molecule has 0 spiro atoms. The van der Waals surface area contributed by atoms with Gasteiger partial charge in [0.25, 0.3) is 0 Å². The van der Waals surface area contributed by atoms with Gasteiger partial charge in [0.2, 0.25) is 10.0 Å². The van der Waals surface area contributed by atoms with Crippen LogP contribution >= 0.6 is 12.4 Å². The van der Waals surface area contributed by atoms with Crippen LogP contribution in [0.15, 0.2) is 29.2 Å². The number of benzene rings is 1. The lowest BCUT2D eigenvalue weighted by atomic mass is 10.1. The van der Waals surface area contributed by atoms with Crippen LogP contribution in [-0.4, -0.2) is 39.0 Å². The minimum absolute atomic E-state index is 0. The van der Waals surface area contributed by atoms with E-state index in [9.17, 15) is 12.8 Å². The van der Waals surface area contributed by atoms with Crippen molar-refractivity contribution in [2.45, 2.75) is 37.1 Å². The highest BCUT2D eigenvalue weighted by atomic mass is 35.5. The van der Waals surface area contributed by atoms with Crippen molar-refractivity contribution >= 4 is 22.4 Å². The van der Waals surface area contributed by atoms with E-state index in [-0.39, 0.29) is 23.3 Å². The van der Waals surface area contributed by atoms with Gasteiger partial charge in [-0.3, -0.25) is 0 Å². The molecule has 0 amide bonds. The highest BCUT2D eigenvalue weighted by Gasteiger charge is 2.24. The molecule has 0 aliphatic carbocycles. The molecule has 21 heavy (non-hydrogen) atoms. The first-order valence-corrected chi connectivity index (χ1v) is 8.50. The molecule has 1 aromatic rings. The van der Waals surface area contributed by atoms with E-state index in [1.165, 1.54) is 18.2 Å². The van der Waals surface area contributed by atoms with Gasteiger partial charge < -0.3 is 4.90 Å². The second-order valence-electron chi connectivity index (χ2n) is 5.19. The van der Waals surface area contributed by atoms with Crippen LogP contribution < -0.4 is 4.72 Å². The summed E-state index contributed by atoms with van der Waals surface area (Å²) in [5.74, 6) is -0.536. The largest absolute Gasteiger partial charge is 0.303 e. The lowest BCUT2D eigenvalue weighted by Crippen LogP contribution is -2.44. The lowest BCUT2D eigenvalue weighted by Gasteiger charge is -2.31. The fraction of sp³-hybridized carbons (Fsp3) is 0.571. The summed E-state index contributed by atoms with van der Waals surface area (Å²) in [6.07, 6.45) is 2.71. The summed E-state index contributed by atoms with van der Waals surface area (Å²) in [7, 11) is -3.62. The maximum absolute atomic E-state index is 13.1. The van der Waals surface area contributed by atoms with Gasteiger partial charge in [0, 0.05) is 6.04 Å². The molecule has 1 fully saturated rings. The van der Waals surface area contributed by atoms with Crippen LogP contribution in [0.2, 0.25) is 0 Å². The average molecular weight is 337 g/mol. The number of likely N-dealkylation sites (tertiary alicyclic amines) is 1. The van der Waals surface area contributed by atoms with Gasteiger partial charge in [-0.25, -0.2) is 17.5 Å². The average Bonchev–Trinajstić information content (AvgIpc) is 2.41. The lowest BCUT2D eigenvalue weighted by molar-refractivity contribution is 0.208. The number of nitrogens with zero attached hydrogens (tertiary/aromatic N) is 1. The zero-order chi connectivity index (χ0) is 14.6. The minimum Gasteiger partial charge on any atom is -0.303 e. The van der Waals surface area contributed by atoms with E-state index in [4.69, 9.17) is 0 Å². The van der Waals surface area contributed by atoms with Crippen LogP contribution in [-0.2, 0) is 10.0 Å². The molecule has 120 valence electrons. The molecule has 7 heteroatoms. The number of halogens is 2. The van der Waals surface area contributed by atoms with Crippen molar-refractivity contribution in [3.8, 4) is 0 Å². The second-order valence-corrected chi connectivity index (χ2v) is 6.91. The molecule has 4 nitrogen and oxygen atoms in total. The van der Waals surface area contributed by atoms with Gasteiger partial charge in [0.05, 0.1) is 4.90 Å². The Morgan fingerprint density at radius 3 is 2.57 bits per heavy atom. The number of hydrogen-bond acceptors (Lipinski definition) is 3. The van der Waals surface area contributed by atoms with Gasteiger partial charge in [-0.1, -0.05) is 13.0 Å². The quantitative estimate of drug-likeness (QED) is 0.898. The molecule has 0 atom stereocenters.